The van der Waals surface area contributed by atoms with E-state index in [2.05, 4.69) is 39.7 Å². The van der Waals surface area contributed by atoms with Crippen molar-refractivity contribution in [2.24, 2.45) is 23.7 Å². The molecule has 2 aromatic carbocycles. The fourth-order valence-electron chi connectivity index (χ4n) is 11.2. The van der Waals surface area contributed by atoms with Crippen molar-refractivity contribution in [2.45, 2.75) is 143 Å². The number of likely N-dealkylation sites (N-methyl/N-ethyl adjacent to an activating group) is 2. The number of likely N-dealkylation sites (tertiary alicyclic amines) is 1. The Balaban J connectivity index is 1.23. The van der Waals surface area contributed by atoms with E-state index in [1.165, 1.54) is 40.9 Å². The number of anilines is 1. The molecule has 0 aromatic heterocycles. The minimum atomic E-state index is -1.04. The van der Waals surface area contributed by atoms with Gasteiger partial charge in [-0.05, 0) is 72.9 Å². The zero-order valence-corrected chi connectivity index (χ0v) is 56.2. The maximum atomic E-state index is 14.3. The Labute approximate surface area is 545 Å². The molecule has 92 heavy (non-hydrogen) atoms. The van der Waals surface area contributed by atoms with Crippen LogP contribution in [0.25, 0.3) is 0 Å². The molecule has 2 aromatic rings. The number of hydrogen-bond acceptors (Lipinski definition) is 16. The van der Waals surface area contributed by atoms with Crippen molar-refractivity contribution < 1.29 is 72.1 Å². The van der Waals surface area contributed by atoms with Crippen LogP contribution in [0.3, 0.4) is 0 Å². The Morgan fingerprint density at radius 1 is 0.728 bits per heavy atom. The molecular formula is C65H97N11O15S. The van der Waals surface area contributed by atoms with Gasteiger partial charge in [-0.1, -0.05) is 111 Å². The number of nitrogens with zero attached hydrogens (tertiary/aromatic N) is 6. The first-order valence-corrected chi connectivity index (χ1v) is 32.2. The van der Waals surface area contributed by atoms with Crippen molar-refractivity contribution in [3.63, 3.8) is 0 Å². The van der Waals surface area contributed by atoms with Crippen molar-refractivity contribution in [3.05, 3.63) is 91.0 Å². The molecule has 6 N–H and O–H groups in total. The molecule has 508 valence electrons. The summed E-state index contributed by atoms with van der Waals surface area (Å²) in [7, 11) is 6.01. The molecule has 2 aliphatic heterocycles. The lowest BCUT2D eigenvalue weighted by molar-refractivity contribution is -0.154. The van der Waals surface area contributed by atoms with Gasteiger partial charge in [-0.25, -0.2) is 4.79 Å². The van der Waals surface area contributed by atoms with E-state index < -0.39 is 121 Å². The van der Waals surface area contributed by atoms with Gasteiger partial charge in [-0.15, -0.1) is 0 Å². The topological polar surface area (TPSA) is 315 Å². The number of rotatable bonds is 34. The highest BCUT2D eigenvalue weighted by molar-refractivity contribution is 7.99. The summed E-state index contributed by atoms with van der Waals surface area (Å²) in [5.41, 5.74) is 1.59. The Bertz CT molecular complexity index is 2840. The Morgan fingerprint density at radius 2 is 1.34 bits per heavy atom. The van der Waals surface area contributed by atoms with Crippen LogP contribution >= 0.6 is 11.8 Å². The molecule has 26 nitrogen and oxygen atoms in total. The van der Waals surface area contributed by atoms with Crippen molar-refractivity contribution in [2.75, 3.05) is 84.8 Å². The maximum absolute atomic E-state index is 14.3. The third-order valence-corrected chi connectivity index (χ3v) is 17.6. The summed E-state index contributed by atoms with van der Waals surface area (Å²) in [6.07, 6.45) is 0.882. The second kappa shape index (κ2) is 37.6. The first-order valence-electron chi connectivity index (χ1n) is 31.1. The highest BCUT2D eigenvalue weighted by Gasteiger charge is 2.43. The number of carbonyl (C=O) groups excluding carboxylic acids is 11. The summed E-state index contributed by atoms with van der Waals surface area (Å²) in [4.78, 5) is 154. The molecule has 0 saturated carbocycles. The second-order valence-corrected chi connectivity index (χ2v) is 25.1. The minimum absolute atomic E-state index is 0.0113. The lowest BCUT2D eigenvalue weighted by Gasteiger charge is -2.41. The quantitative estimate of drug-likeness (QED) is 0.0431. The predicted octanol–water partition coefficient (Wildman–Crippen LogP) is 3.62. The third kappa shape index (κ3) is 22.2. The van der Waals surface area contributed by atoms with Gasteiger partial charge in [-0.2, -0.15) is 11.8 Å². The van der Waals surface area contributed by atoms with E-state index in [1.807, 2.05) is 32.0 Å². The van der Waals surface area contributed by atoms with Crippen LogP contribution in [0.1, 0.15) is 105 Å². The number of ether oxygens (including phenoxy) is 3. The van der Waals surface area contributed by atoms with Crippen LogP contribution in [0.4, 0.5) is 10.5 Å². The van der Waals surface area contributed by atoms with Gasteiger partial charge < -0.3 is 70.4 Å². The highest BCUT2D eigenvalue weighted by Crippen LogP contribution is 2.30. The number of amides is 11. The van der Waals surface area contributed by atoms with Crippen molar-refractivity contribution >= 4 is 82.6 Å². The van der Waals surface area contributed by atoms with Crippen LogP contribution in [-0.2, 0) is 68.8 Å². The number of thioether (sulfide) groups is 1. The average molecular weight is 1300 g/mol. The summed E-state index contributed by atoms with van der Waals surface area (Å²) < 4.78 is 17.5. The summed E-state index contributed by atoms with van der Waals surface area (Å²) >= 11 is 1.16. The number of nitrogens with one attached hydrogen (secondary N) is 5. The molecular weight excluding hydrogens is 1210 g/mol. The van der Waals surface area contributed by atoms with Gasteiger partial charge in [0.2, 0.25) is 59.1 Å². The van der Waals surface area contributed by atoms with Crippen LogP contribution in [0.2, 0.25) is 0 Å². The fraction of sp³-hybridized carbons (Fsp3) is 0.585. The number of aliphatic hydroxyl groups is 1. The Morgan fingerprint density at radius 3 is 1.90 bits per heavy atom. The van der Waals surface area contributed by atoms with Crippen LogP contribution in [0, 0.1) is 23.7 Å². The van der Waals surface area contributed by atoms with Crippen LogP contribution < -0.4 is 26.6 Å². The molecule has 0 aliphatic carbocycles. The molecule has 0 bridgehead atoms. The van der Waals surface area contributed by atoms with E-state index in [0.717, 1.165) is 28.8 Å². The molecule has 2 fully saturated rings. The summed E-state index contributed by atoms with van der Waals surface area (Å²) in [6, 6.07) is 11.8. The van der Waals surface area contributed by atoms with E-state index in [0.29, 0.717) is 42.6 Å². The second-order valence-electron chi connectivity index (χ2n) is 23.9. The van der Waals surface area contributed by atoms with E-state index in [-0.39, 0.29) is 80.5 Å². The smallest absolute Gasteiger partial charge is 0.410 e. The molecule has 2 unspecified atom stereocenters. The van der Waals surface area contributed by atoms with Gasteiger partial charge >= 0.3 is 6.09 Å². The summed E-state index contributed by atoms with van der Waals surface area (Å²) in [6.45, 7) is 20.6. The average Bonchev–Trinajstić information content (AvgIpc) is 1.76. The monoisotopic (exact) mass is 1300 g/mol. The van der Waals surface area contributed by atoms with Crippen LogP contribution in [-0.4, -0.2) is 222 Å². The fourth-order valence-corrected chi connectivity index (χ4v) is 12.0. The molecule has 2 aliphatic rings. The number of benzene rings is 2. The van der Waals surface area contributed by atoms with Gasteiger partial charge in [0.1, 0.15) is 18.7 Å². The third-order valence-electron chi connectivity index (χ3n) is 16.6. The lowest BCUT2D eigenvalue weighted by Crippen LogP contribution is -2.59. The standard InChI is InChI=1S/C65H97N11O15S/c1-15-42(8)59(49(89-13)32-55(82)76-30-21-24-48(76)61(90-14)43(9)62(85)68-44(10)60(84)46-22-19-18-20-23-46)71(11)56(83)34-67-64(87)58(41(6)7)72(12)65(88)91-35-45-25-27-47(28-26-45)69-50(77)33-66-63(86)57(40(4)5)70-51(78)36-92-31-29-54(81)75-38-73(52(79)16-2)37-74(39-75)53(80)17-3/h16-20,22-23,25-28,40-44,48-49,57-61,84H,2-3,15,21,24,29-39H2,1,4-14H3,(H,66,86)(H,67,87)(H,68,85)(H,69,77)(H,70,78)/t42-,43+,44+,48-,49+,57?,58?,59-,60+,61+/m0/s1. The zero-order valence-electron chi connectivity index (χ0n) is 55.3. The highest BCUT2D eigenvalue weighted by atomic mass is 32.2. The molecule has 4 rings (SSSR count). The predicted molar refractivity (Wildman–Crippen MR) is 347 cm³/mol. The summed E-state index contributed by atoms with van der Waals surface area (Å²) in [5.74, 6) is -5.88. The number of methoxy groups -OCH3 is 2. The van der Waals surface area contributed by atoms with E-state index >= 15 is 0 Å². The molecule has 0 spiro atoms. The Hall–Kier alpha value is -7.88. The molecule has 0 radical (unpaired) electrons. The van der Waals surface area contributed by atoms with E-state index in [9.17, 15) is 57.8 Å². The lowest BCUT2D eigenvalue weighted by atomic mass is 9.90. The summed E-state index contributed by atoms with van der Waals surface area (Å²) in [5, 5.41) is 24.5. The zero-order chi connectivity index (χ0) is 68.5. The van der Waals surface area contributed by atoms with Crippen LogP contribution in [0.15, 0.2) is 79.9 Å². The van der Waals surface area contributed by atoms with Gasteiger partial charge in [0.05, 0.1) is 87.6 Å². The van der Waals surface area contributed by atoms with Crippen LogP contribution in [0.5, 0.6) is 0 Å². The van der Waals surface area contributed by atoms with Gasteiger partial charge in [0.25, 0.3) is 0 Å². The van der Waals surface area contributed by atoms with Crippen molar-refractivity contribution in [3.8, 4) is 0 Å². The first kappa shape index (κ1) is 76.6. The SMILES string of the molecule is C=CC(=O)N1CN(C(=O)C=C)CN(C(=O)CCSCC(=O)NC(C(=O)NCC(=O)Nc2ccc(COC(=O)N(C)C(C(=O)NCC(=O)N(C)[C@@H]([C@@H](C)CC)[C@@H](CC(=O)N3CCC[C@H]3[C@H](OC)[C@@H](C)C(=O)N[C@H](C)[C@@H](O)c3ccccc3)OC)C(C)C)cc2)C(C)C)C1. The molecule has 10 atom stereocenters. The van der Waals surface area contributed by atoms with Gasteiger partial charge in [0.15, 0.2) is 0 Å². The van der Waals surface area contributed by atoms with Gasteiger partial charge in [0, 0.05) is 52.7 Å². The largest absolute Gasteiger partial charge is 0.445 e. The number of carbonyl (C=O) groups is 11. The molecule has 2 heterocycles. The van der Waals surface area contributed by atoms with Crippen molar-refractivity contribution in [1.82, 2.24) is 50.7 Å². The molecule has 11 amide bonds. The van der Waals surface area contributed by atoms with Crippen molar-refractivity contribution in [1.29, 1.82) is 0 Å². The molecule has 27 heteroatoms. The number of hydrogen-bond donors (Lipinski definition) is 6. The van der Waals surface area contributed by atoms with E-state index in [1.54, 1.807) is 89.9 Å². The Kier molecular flexibility index (Phi) is 31.3. The normalized spacial score (nSPS) is 16.9. The minimum Gasteiger partial charge on any atom is -0.445 e. The van der Waals surface area contributed by atoms with Gasteiger partial charge in [-0.3, -0.25) is 52.8 Å². The van der Waals surface area contributed by atoms with E-state index in [4.69, 9.17) is 14.2 Å². The molecule has 2 saturated heterocycles. The maximum Gasteiger partial charge on any atom is 0.410 e. The number of aliphatic hydroxyl groups excluding tert-OH is 1. The first-order chi connectivity index (χ1) is 43.6.